The van der Waals surface area contributed by atoms with Gasteiger partial charge in [-0.25, -0.2) is 0 Å². The normalized spacial score (nSPS) is 20.1. The fraction of sp³-hybridized carbons (Fsp3) is 0.765. The quantitative estimate of drug-likeness (QED) is 0.825. The van der Waals surface area contributed by atoms with Crippen LogP contribution in [0, 0.1) is 5.41 Å². The molecule has 1 aliphatic heterocycles. The maximum absolute atomic E-state index is 3.78. The fourth-order valence-corrected chi connectivity index (χ4v) is 4.23. The Morgan fingerprint density at radius 1 is 1.35 bits per heavy atom. The molecule has 3 rings (SSSR count). The van der Waals surface area contributed by atoms with Gasteiger partial charge in [-0.05, 0) is 54.5 Å². The molecule has 3 heteroatoms. The molecule has 112 valence electrons. The van der Waals surface area contributed by atoms with E-state index in [9.17, 15) is 0 Å². The van der Waals surface area contributed by atoms with Gasteiger partial charge in [0.2, 0.25) is 0 Å². The number of nitrogens with zero attached hydrogens (tertiary/aromatic N) is 1. The lowest BCUT2D eigenvalue weighted by Crippen LogP contribution is -2.45. The number of hydrogen-bond acceptors (Lipinski definition) is 3. The molecule has 1 aromatic rings. The van der Waals surface area contributed by atoms with Crippen molar-refractivity contribution in [3.05, 3.63) is 21.9 Å². The predicted octanol–water partition coefficient (Wildman–Crippen LogP) is 3.66. The van der Waals surface area contributed by atoms with Crippen molar-refractivity contribution >= 4 is 11.3 Å². The Morgan fingerprint density at radius 2 is 2.15 bits per heavy atom. The average molecular weight is 292 g/mol. The molecule has 0 saturated heterocycles. The van der Waals surface area contributed by atoms with Crippen LogP contribution >= 0.6 is 11.3 Å². The summed E-state index contributed by atoms with van der Waals surface area (Å²) in [5, 5.41) is 6.04. The Bertz CT molecular complexity index is 432. The zero-order valence-corrected chi connectivity index (χ0v) is 13.8. The van der Waals surface area contributed by atoms with Crippen LogP contribution < -0.4 is 5.32 Å². The lowest BCUT2D eigenvalue weighted by atomic mass is 9.81. The first-order valence-electron chi connectivity index (χ1n) is 8.25. The third kappa shape index (κ3) is 3.26. The molecule has 0 radical (unpaired) electrons. The number of rotatable bonds is 7. The summed E-state index contributed by atoms with van der Waals surface area (Å²) in [6, 6.07) is 3.16. The molecule has 20 heavy (non-hydrogen) atoms. The van der Waals surface area contributed by atoms with E-state index in [0.29, 0.717) is 5.41 Å². The summed E-state index contributed by atoms with van der Waals surface area (Å²) < 4.78 is 0. The third-order valence-corrected chi connectivity index (χ3v) is 6.31. The summed E-state index contributed by atoms with van der Waals surface area (Å²) in [7, 11) is 0. The maximum Gasteiger partial charge on any atom is 0.0245 e. The zero-order chi connectivity index (χ0) is 14.0. The second-order valence-electron chi connectivity index (χ2n) is 6.69. The molecule has 1 aromatic heterocycles. The molecule has 0 bridgehead atoms. The van der Waals surface area contributed by atoms with E-state index in [1.165, 1.54) is 58.3 Å². The van der Waals surface area contributed by atoms with Crippen LogP contribution in [0.25, 0.3) is 0 Å². The lowest BCUT2D eigenvalue weighted by Gasteiger charge is -2.39. The fourth-order valence-electron chi connectivity index (χ4n) is 3.34. The first kappa shape index (κ1) is 14.6. The van der Waals surface area contributed by atoms with Gasteiger partial charge >= 0.3 is 0 Å². The molecule has 1 fully saturated rings. The second-order valence-corrected chi connectivity index (χ2v) is 7.69. The first-order chi connectivity index (χ1) is 9.74. The highest BCUT2D eigenvalue weighted by atomic mass is 32.1. The Hall–Kier alpha value is -0.380. The van der Waals surface area contributed by atoms with Gasteiger partial charge < -0.3 is 5.32 Å². The van der Waals surface area contributed by atoms with Gasteiger partial charge in [0, 0.05) is 37.1 Å². The van der Waals surface area contributed by atoms with Gasteiger partial charge in [-0.2, -0.15) is 0 Å². The van der Waals surface area contributed by atoms with E-state index in [1.54, 1.807) is 10.4 Å². The highest BCUT2D eigenvalue weighted by molar-refractivity contribution is 7.10. The topological polar surface area (TPSA) is 15.3 Å². The highest BCUT2D eigenvalue weighted by Gasteiger charge is 2.32. The summed E-state index contributed by atoms with van der Waals surface area (Å²) in [6.07, 6.45) is 6.62. The largest absolute Gasteiger partial charge is 0.313 e. The smallest absolute Gasteiger partial charge is 0.0245 e. The van der Waals surface area contributed by atoms with Crippen molar-refractivity contribution in [2.45, 2.75) is 58.5 Å². The van der Waals surface area contributed by atoms with E-state index < -0.39 is 0 Å². The minimum absolute atomic E-state index is 0.468. The van der Waals surface area contributed by atoms with Crippen LogP contribution in [0.1, 0.15) is 50.0 Å². The molecule has 1 saturated carbocycles. The molecule has 2 heterocycles. The lowest BCUT2D eigenvalue weighted by molar-refractivity contribution is 0.124. The van der Waals surface area contributed by atoms with Crippen LogP contribution in [0.15, 0.2) is 11.4 Å². The number of thiophene rings is 1. The minimum atomic E-state index is 0.468. The van der Waals surface area contributed by atoms with Gasteiger partial charge in [-0.15, -0.1) is 11.3 Å². The SMILES string of the molecule is CCC(CC)(CNC1CC1)CN1CCc2sccc2C1. The standard InChI is InChI=1S/C17H28N2S/c1-3-17(4-2,12-18-15-5-6-15)13-19-9-7-16-14(11-19)8-10-20-16/h8,10,15,18H,3-7,9,11-13H2,1-2H3. The van der Waals surface area contributed by atoms with E-state index in [0.717, 1.165) is 6.04 Å². The number of fused-ring (bicyclic) bond motifs is 1. The van der Waals surface area contributed by atoms with E-state index in [-0.39, 0.29) is 0 Å². The summed E-state index contributed by atoms with van der Waals surface area (Å²) in [4.78, 5) is 4.31. The number of nitrogens with one attached hydrogen (secondary N) is 1. The summed E-state index contributed by atoms with van der Waals surface area (Å²) in [6.45, 7) is 9.63. The molecule has 1 N–H and O–H groups in total. The molecule has 0 atom stereocenters. The van der Waals surface area contributed by atoms with Gasteiger partial charge in [-0.3, -0.25) is 4.90 Å². The minimum Gasteiger partial charge on any atom is -0.313 e. The van der Waals surface area contributed by atoms with Crippen LogP contribution in [0.5, 0.6) is 0 Å². The Morgan fingerprint density at radius 3 is 2.85 bits per heavy atom. The summed E-state index contributed by atoms with van der Waals surface area (Å²) >= 11 is 1.94. The molecule has 0 spiro atoms. The Balaban J connectivity index is 1.60. The van der Waals surface area contributed by atoms with Crippen molar-refractivity contribution < 1.29 is 0 Å². The van der Waals surface area contributed by atoms with E-state index in [1.807, 2.05) is 11.3 Å². The van der Waals surface area contributed by atoms with Crippen molar-refractivity contribution in [1.82, 2.24) is 10.2 Å². The number of hydrogen-bond donors (Lipinski definition) is 1. The van der Waals surface area contributed by atoms with Crippen LogP contribution in [0.3, 0.4) is 0 Å². The van der Waals surface area contributed by atoms with Gasteiger partial charge in [0.05, 0.1) is 0 Å². The predicted molar refractivity (Wildman–Crippen MR) is 87.3 cm³/mol. The van der Waals surface area contributed by atoms with E-state index in [2.05, 4.69) is 35.5 Å². The molecular weight excluding hydrogens is 264 g/mol. The molecule has 1 aliphatic carbocycles. The molecule has 0 unspecified atom stereocenters. The van der Waals surface area contributed by atoms with E-state index in [4.69, 9.17) is 0 Å². The van der Waals surface area contributed by atoms with Gasteiger partial charge in [0.1, 0.15) is 0 Å². The molecule has 2 nitrogen and oxygen atoms in total. The molecular formula is C17H28N2S. The van der Waals surface area contributed by atoms with Crippen molar-refractivity contribution in [2.24, 2.45) is 5.41 Å². The van der Waals surface area contributed by atoms with Gasteiger partial charge in [-0.1, -0.05) is 13.8 Å². The van der Waals surface area contributed by atoms with Crippen molar-refractivity contribution in [1.29, 1.82) is 0 Å². The van der Waals surface area contributed by atoms with Crippen LogP contribution in [-0.4, -0.2) is 30.6 Å². The van der Waals surface area contributed by atoms with Crippen molar-refractivity contribution in [3.63, 3.8) is 0 Å². The van der Waals surface area contributed by atoms with Gasteiger partial charge in [0.15, 0.2) is 0 Å². The van der Waals surface area contributed by atoms with Crippen LogP contribution in [0.4, 0.5) is 0 Å². The van der Waals surface area contributed by atoms with Crippen LogP contribution in [-0.2, 0) is 13.0 Å². The van der Waals surface area contributed by atoms with Gasteiger partial charge in [0.25, 0.3) is 0 Å². The second kappa shape index (κ2) is 6.17. The molecule has 2 aliphatic rings. The van der Waals surface area contributed by atoms with Crippen LogP contribution in [0.2, 0.25) is 0 Å². The third-order valence-electron chi connectivity index (χ3n) is 5.29. The zero-order valence-electron chi connectivity index (χ0n) is 13.0. The average Bonchev–Trinajstić information content (AvgIpc) is 3.20. The summed E-state index contributed by atoms with van der Waals surface area (Å²) in [5.41, 5.74) is 2.05. The van der Waals surface area contributed by atoms with Crippen molar-refractivity contribution in [3.8, 4) is 0 Å². The summed E-state index contributed by atoms with van der Waals surface area (Å²) in [5.74, 6) is 0. The molecule has 0 aromatic carbocycles. The highest BCUT2D eigenvalue weighted by Crippen LogP contribution is 2.32. The van der Waals surface area contributed by atoms with Crippen molar-refractivity contribution in [2.75, 3.05) is 19.6 Å². The Kier molecular flexibility index (Phi) is 4.49. The molecule has 0 amide bonds. The van der Waals surface area contributed by atoms with E-state index >= 15 is 0 Å². The Labute approximate surface area is 127 Å². The monoisotopic (exact) mass is 292 g/mol. The maximum atomic E-state index is 3.78. The first-order valence-corrected chi connectivity index (χ1v) is 9.13.